The number of ether oxygens (including phenoxy) is 2. The number of hydrogen-bond donors (Lipinski definition) is 3. The van der Waals surface area contributed by atoms with Crippen LogP contribution in [0.3, 0.4) is 0 Å². The fraction of sp³-hybridized carbons (Fsp3) is 0.290. The number of anilines is 2. The third kappa shape index (κ3) is 6.09. The quantitative estimate of drug-likeness (QED) is 0.285. The summed E-state index contributed by atoms with van der Waals surface area (Å²) in [7, 11) is 1.67. The summed E-state index contributed by atoms with van der Waals surface area (Å²) in [5, 5.41) is 5.41. The van der Waals surface area contributed by atoms with Crippen LogP contribution in [0.1, 0.15) is 45.5 Å². The van der Waals surface area contributed by atoms with Crippen LogP contribution < -0.4 is 15.4 Å². The lowest BCUT2D eigenvalue weighted by Crippen LogP contribution is -2.53. The molecule has 0 unspecified atom stereocenters. The number of carbonyl (C=O) groups excluding carboxylic acids is 3. The van der Waals surface area contributed by atoms with E-state index in [2.05, 4.69) is 20.6 Å². The molecule has 4 aromatic rings. The van der Waals surface area contributed by atoms with Gasteiger partial charge < -0.3 is 24.7 Å². The number of aromatic amines is 1. The van der Waals surface area contributed by atoms with Crippen LogP contribution >= 0.6 is 0 Å². The van der Waals surface area contributed by atoms with E-state index in [9.17, 15) is 27.6 Å². The van der Waals surface area contributed by atoms with Crippen molar-refractivity contribution in [1.29, 1.82) is 0 Å². The predicted octanol–water partition coefficient (Wildman–Crippen LogP) is 5.24. The molecular weight excluding hydrogens is 579 g/mol. The Bertz CT molecular complexity index is 1690. The van der Waals surface area contributed by atoms with Gasteiger partial charge in [0, 0.05) is 18.3 Å². The van der Waals surface area contributed by atoms with Crippen molar-refractivity contribution in [3.05, 3.63) is 83.4 Å². The molecule has 3 N–H and O–H groups in total. The van der Waals surface area contributed by atoms with E-state index in [0.29, 0.717) is 24.5 Å². The first-order valence-corrected chi connectivity index (χ1v) is 14.0. The van der Waals surface area contributed by atoms with Gasteiger partial charge in [-0.2, -0.15) is 13.2 Å². The van der Waals surface area contributed by atoms with Crippen LogP contribution in [0.2, 0.25) is 0 Å². The van der Waals surface area contributed by atoms with Crippen LogP contribution in [0.15, 0.2) is 66.7 Å². The molecule has 3 atom stereocenters. The minimum absolute atomic E-state index is 0.0347. The number of alkyl halides is 3. The van der Waals surface area contributed by atoms with E-state index in [1.807, 2.05) is 24.3 Å². The highest BCUT2D eigenvalue weighted by Gasteiger charge is 2.39. The van der Waals surface area contributed by atoms with E-state index in [-0.39, 0.29) is 53.8 Å². The number of benzene rings is 3. The number of amides is 3. The Morgan fingerprint density at radius 2 is 1.82 bits per heavy atom. The highest BCUT2D eigenvalue weighted by molar-refractivity contribution is 6.05. The number of likely N-dealkylation sites (N-methyl/N-ethyl adjacent to an activating group) is 1. The van der Waals surface area contributed by atoms with E-state index in [1.165, 1.54) is 6.07 Å². The van der Waals surface area contributed by atoms with Gasteiger partial charge in [0.2, 0.25) is 11.9 Å². The molecule has 3 amide bonds. The SMILES string of the molecule is CN1C(=O)c2cc(NC(=O)c3ccc(C(F)(F)F)cc3)ccc2OC[C@@H]2O[C@H](CC(=O)Nc3nc4ccccc4[nH]3)CC[C@@H]21. The molecule has 2 aliphatic rings. The van der Waals surface area contributed by atoms with Gasteiger partial charge in [0.25, 0.3) is 11.8 Å². The topological polar surface area (TPSA) is 126 Å². The highest BCUT2D eigenvalue weighted by Crippen LogP contribution is 2.33. The third-order valence-corrected chi connectivity index (χ3v) is 7.80. The maximum Gasteiger partial charge on any atom is 0.416 e. The van der Waals surface area contributed by atoms with Crippen LogP contribution in [-0.4, -0.2) is 64.5 Å². The van der Waals surface area contributed by atoms with Gasteiger partial charge in [-0.3, -0.25) is 19.7 Å². The summed E-state index contributed by atoms with van der Waals surface area (Å²) in [6.45, 7) is 0.133. The van der Waals surface area contributed by atoms with E-state index >= 15 is 0 Å². The second-order valence-corrected chi connectivity index (χ2v) is 10.8. The zero-order valence-electron chi connectivity index (χ0n) is 23.5. The molecule has 1 fully saturated rings. The van der Waals surface area contributed by atoms with Crippen LogP contribution in [0, 0.1) is 0 Å². The number of fused-ring (bicyclic) bond motifs is 3. The van der Waals surface area contributed by atoms with Gasteiger partial charge in [0.05, 0.1) is 40.7 Å². The first-order valence-electron chi connectivity index (χ1n) is 14.0. The third-order valence-electron chi connectivity index (χ3n) is 7.80. The summed E-state index contributed by atoms with van der Waals surface area (Å²) in [4.78, 5) is 48.0. The maximum atomic E-state index is 13.5. The van der Waals surface area contributed by atoms with Crippen molar-refractivity contribution >= 4 is 40.4 Å². The number of carbonyl (C=O) groups is 3. The fourth-order valence-corrected chi connectivity index (χ4v) is 5.52. The van der Waals surface area contributed by atoms with Crippen LogP contribution in [0.25, 0.3) is 11.0 Å². The lowest BCUT2D eigenvalue weighted by atomic mass is 9.94. The Morgan fingerprint density at radius 1 is 1.05 bits per heavy atom. The van der Waals surface area contributed by atoms with Crippen molar-refractivity contribution in [2.24, 2.45) is 0 Å². The second kappa shape index (κ2) is 11.6. The number of rotatable bonds is 5. The smallest absolute Gasteiger partial charge is 0.416 e. The Morgan fingerprint density at radius 3 is 2.57 bits per heavy atom. The van der Waals surface area contributed by atoms with Gasteiger partial charge in [-0.05, 0) is 67.4 Å². The molecule has 0 bridgehead atoms. The number of hydrogen-bond acceptors (Lipinski definition) is 6. The van der Waals surface area contributed by atoms with Gasteiger partial charge in [-0.1, -0.05) is 12.1 Å². The molecule has 3 heterocycles. The number of aromatic nitrogens is 2. The minimum atomic E-state index is -4.51. The summed E-state index contributed by atoms with van der Waals surface area (Å²) in [5.74, 6) is -0.565. The van der Waals surface area contributed by atoms with Gasteiger partial charge in [-0.25, -0.2) is 4.98 Å². The van der Waals surface area contributed by atoms with Crippen molar-refractivity contribution in [2.45, 2.75) is 43.7 Å². The zero-order valence-corrected chi connectivity index (χ0v) is 23.5. The first kappa shape index (κ1) is 29.2. The summed E-state index contributed by atoms with van der Waals surface area (Å²) < 4.78 is 50.8. The summed E-state index contributed by atoms with van der Waals surface area (Å²) in [5.41, 5.74) is 1.24. The molecule has 3 aromatic carbocycles. The Hall–Kier alpha value is -4.91. The van der Waals surface area contributed by atoms with Crippen molar-refractivity contribution in [1.82, 2.24) is 14.9 Å². The molecule has 13 heteroatoms. The molecule has 6 rings (SSSR count). The molecule has 2 aliphatic heterocycles. The van der Waals surface area contributed by atoms with E-state index in [4.69, 9.17) is 9.47 Å². The molecule has 44 heavy (non-hydrogen) atoms. The van der Waals surface area contributed by atoms with Crippen LogP contribution in [0.5, 0.6) is 5.75 Å². The Balaban J connectivity index is 1.10. The average Bonchev–Trinajstić information content (AvgIpc) is 3.41. The fourth-order valence-electron chi connectivity index (χ4n) is 5.52. The van der Waals surface area contributed by atoms with Gasteiger partial charge >= 0.3 is 6.18 Å². The summed E-state index contributed by atoms with van der Waals surface area (Å²) in [6, 6.07) is 15.6. The van der Waals surface area contributed by atoms with Gasteiger partial charge in [0.15, 0.2) is 0 Å². The zero-order chi connectivity index (χ0) is 31.0. The maximum absolute atomic E-state index is 13.5. The van der Waals surface area contributed by atoms with Crippen molar-refractivity contribution in [3.63, 3.8) is 0 Å². The molecule has 0 saturated carbocycles. The predicted molar refractivity (Wildman–Crippen MR) is 154 cm³/mol. The number of nitrogens with one attached hydrogen (secondary N) is 3. The summed E-state index contributed by atoms with van der Waals surface area (Å²) in [6.07, 6.45) is -4.13. The Kier molecular flexibility index (Phi) is 7.72. The number of halogens is 3. The van der Waals surface area contributed by atoms with Gasteiger partial charge in [-0.15, -0.1) is 0 Å². The summed E-state index contributed by atoms with van der Waals surface area (Å²) >= 11 is 0. The van der Waals surface area contributed by atoms with Crippen molar-refractivity contribution < 1.29 is 37.0 Å². The standard InChI is InChI=1S/C31H28F3N5O5/c1-39-24-12-11-20(15-27(40)38-30-36-22-4-2-3-5-23(22)37-30)44-26(24)16-43-25-13-10-19(14-21(25)29(39)42)35-28(41)17-6-8-18(9-7-17)31(32,33)34/h2-10,13-14,20,24,26H,11-12,15-16H2,1H3,(H,35,41)(H2,36,37,38,40)/t20-,24-,26-/m0/s1. The van der Waals surface area contributed by atoms with Crippen molar-refractivity contribution in [3.8, 4) is 5.75 Å². The van der Waals surface area contributed by atoms with E-state index in [0.717, 1.165) is 35.3 Å². The van der Waals surface area contributed by atoms with Crippen LogP contribution in [-0.2, 0) is 15.7 Å². The van der Waals surface area contributed by atoms with Crippen LogP contribution in [0.4, 0.5) is 24.8 Å². The molecular formula is C31H28F3N5O5. The lowest BCUT2D eigenvalue weighted by Gasteiger charge is -2.42. The number of H-pyrrole nitrogens is 1. The highest BCUT2D eigenvalue weighted by atomic mass is 19.4. The molecule has 1 aromatic heterocycles. The molecule has 0 radical (unpaired) electrons. The normalized spacial score (nSPS) is 20.1. The molecule has 0 spiro atoms. The second-order valence-electron chi connectivity index (χ2n) is 10.8. The molecule has 1 saturated heterocycles. The number of imidazole rings is 1. The molecule has 10 nitrogen and oxygen atoms in total. The van der Waals surface area contributed by atoms with Crippen molar-refractivity contribution in [2.75, 3.05) is 24.3 Å². The van der Waals surface area contributed by atoms with Gasteiger partial charge in [0.1, 0.15) is 18.5 Å². The number of nitrogens with zero attached hydrogens (tertiary/aromatic N) is 2. The van der Waals surface area contributed by atoms with E-state index < -0.39 is 23.8 Å². The molecule has 228 valence electrons. The monoisotopic (exact) mass is 607 g/mol. The lowest BCUT2D eigenvalue weighted by molar-refractivity contribution is -0.137. The first-order chi connectivity index (χ1) is 21.0. The Labute approximate surface area is 249 Å². The largest absolute Gasteiger partial charge is 0.490 e. The van der Waals surface area contributed by atoms with E-state index in [1.54, 1.807) is 24.1 Å². The molecule has 0 aliphatic carbocycles. The number of para-hydroxylation sites is 2. The minimum Gasteiger partial charge on any atom is -0.490 e. The average molecular weight is 608 g/mol.